The van der Waals surface area contributed by atoms with E-state index in [0.29, 0.717) is 29.7 Å². The normalized spacial score (nSPS) is 23.0. The van der Waals surface area contributed by atoms with Crippen LogP contribution in [-0.2, 0) is 17.8 Å². The SMILES string of the molecule is CCn1nc(Cc2ccc(F)cc2F)cc1C1CCN(CC2CN(C(C(=O)O)C3CCCCC3)CC2c2cccc(C)c2)CC1. The number of rotatable bonds is 10. The van der Waals surface area contributed by atoms with E-state index >= 15 is 0 Å². The van der Waals surface area contributed by atoms with Crippen LogP contribution in [0.2, 0.25) is 0 Å². The van der Waals surface area contributed by atoms with Gasteiger partial charge < -0.3 is 10.0 Å². The van der Waals surface area contributed by atoms with Gasteiger partial charge in [0.25, 0.3) is 0 Å². The molecule has 2 aromatic carbocycles. The molecule has 0 amide bonds. The second-order valence-electron chi connectivity index (χ2n) is 13.8. The zero-order chi connectivity index (χ0) is 31.5. The Bertz CT molecular complexity index is 1460. The molecule has 0 radical (unpaired) electrons. The van der Waals surface area contributed by atoms with Gasteiger partial charge in [-0.1, -0.05) is 55.2 Å². The van der Waals surface area contributed by atoms with Crippen LogP contribution in [0, 0.1) is 30.4 Å². The third-order valence-electron chi connectivity index (χ3n) is 10.7. The number of aliphatic carboxylic acids is 1. The van der Waals surface area contributed by atoms with E-state index in [-0.39, 0.29) is 12.0 Å². The number of carbonyl (C=O) groups is 1. The molecule has 3 fully saturated rings. The van der Waals surface area contributed by atoms with Crippen LogP contribution >= 0.6 is 0 Å². The number of piperidine rings is 1. The smallest absolute Gasteiger partial charge is 0.321 e. The van der Waals surface area contributed by atoms with E-state index in [1.165, 1.54) is 35.4 Å². The molecule has 0 spiro atoms. The van der Waals surface area contributed by atoms with Crippen molar-refractivity contribution in [2.75, 3.05) is 32.7 Å². The van der Waals surface area contributed by atoms with Crippen LogP contribution < -0.4 is 0 Å². The summed E-state index contributed by atoms with van der Waals surface area (Å²) in [5.41, 5.74) is 5.07. The molecule has 2 saturated heterocycles. The van der Waals surface area contributed by atoms with E-state index in [1.54, 1.807) is 0 Å². The molecule has 1 aliphatic carbocycles. The molecule has 1 N–H and O–H groups in total. The second kappa shape index (κ2) is 14.1. The summed E-state index contributed by atoms with van der Waals surface area (Å²) in [6.45, 7) is 9.57. The van der Waals surface area contributed by atoms with E-state index in [0.717, 1.165) is 89.6 Å². The van der Waals surface area contributed by atoms with Crippen molar-refractivity contribution in [2.24, 2.45) is 11.8 Å². The van der Waals surface area contributed by atoms with E-state index < -0.39 is 17.6 Å². The van der Waals surface area contributed by atoms with Crippen molar-refractivity contribution in [3.8, 4) is 0 Å². The molecule has 45 heavy (non-hydrogen) atoms. The first kappa shape index (κ1) is 31.9. The Labute approximate surface area is 266 Å². The van der Waals surface area contributed by atoms with Gasteiger partial charge in [0.15, 0.2) is 0 Å². The lowest BCUT2D eigenvalue weighted by atomic mass is 9.83. The first-order valence-electron chi connectivity index (χ1n) is 17.0. The van der Waals surface area contributed by atoms with Gasteiger partial charge in [0.05, 0.1) is 5.69 Å². The quantitative estimate of drug-likeness (QED) is 0.265. The summed E-state index contributed by atoms with van der Waals surface area (Å²) in [5.74, 6) is -0.410. The molecule has 2 aliphatic heterocycles. The Balaban J connectivity index is 1.13. The highest BCUT2D eigenvalue weighted by Crippen LogP contribution is 2.39. The average molecular weight is 619 g/mol. The van der Waals surface area contributed by atoms with Crippen molar-refractivity contribution in [2.45, 2.75) is 89.6 Å². The van der Waals surface area contributed by atoms with Gasteiger partial charge in [0, 0.05) is 56.2 Å². The van der Waals surface area contributed by atoms with Gasteiger partial charge >= 0.3 is 5.97 Å². The number of nitrogens with zero attached hydrogens (tertiary/aromatic N) is 4. The highest BCUT2D eigenvalue weighted by Gasteiger charge is 2.43. The number of hydrogen-bond donors (Lipinski definition) is 1. The molecule has 3 heterocycles. The Morgan fingerprint density at radius 1 is 1.00 bits per heavy atom. The summed E-state index contributed by atoms with van der Waals surface area (Å²) < 4.78 is 29.8. The zero-order valence-corrected chi connectivity index (χ0v) is 26.8. The number of carboxylic acid groups (broad SMARTS) is 1. The van der Waals surface area contributed by atoms with Crippen molar-refractivity contribution in [1.82, 2.24) is 19.6 Å². The molecule has 6 rings (SSSR count). The Hall–Kier alpha value is -3.10. The van der Waals surface area contributed by atoms with Gasteiger partial charge in [-0.2, -0.15) is 5.10 Å². The lowest BCUT2D eigenvalue weighted by molar-refractivity contribution is -0.145. The van der Waals surface area contributed by atoms with Crippen LogP contribution in [0.4, 0.5) is 8.78 Å². The second-order valence-corrected chi connectivity index (χ2v) is 13.8. The first-order chi connectivity index (χ1) is 21.8. The van der Waals surface area contributed by atoms with Crippen LogP contribution in [-0.4, -0.2) is 69.4 Å². The van der Waals surface area contributed by atoms with E-state index in [4.69, 9.17) is 5.10 Å². The molecule has 3 unspecified atom stereocenters. The van der Waals surface area contributed by atoms with Gasteiger partial charge in [0.2, 0.25) is 0 Å². The molecule has 3 aromatic rings. The molecule has 1 aromatic heterocycles. The molecule has 6 nitrogen and oxygen atoms in total. The summed E-state index contributed by atoms with van der Waals surface area (Å²) in [6, 6.07) is 14.3. The van der Waals surface area contributed by atoms with Crippen LogP contribution in [0.5, 0.6) is 0 Å². The highest BCUT2D eigenvalue weighted by molar-refractivity contribution is 5.74. The predicted octanol–water partition coefficient (Wildman–Crippen LogP) is 7.01. The van der Waals surface area contributed by atoms with Crippen LogP contribution in [0.3, 0.4) is 0 Å². The minimum absolute atomic E-state index is 0.247. The van der Waals surface area contributed by atoms with Gasteiger partial charge in [-0.15, -0.1) is 0 Å². The maximum atomic E-state index is 14.3. The summed E-state index contributed by atoms with van der Waals surface area (Å²) >= 11 is 0. The fourth-order valence-corrected chi connectivity index (χ4v) is 8.46. The lowest BCUT2D eigenvalue weighted by Crippen LogP contribution is -2.46. The molecule has 0 bridgehead atoms. The molecule has 242 valence electrons. The number of carboxylic acids is 1. The van der Waals surface area contributed by atoms with Crippen molar-refractivity contribution < 1.29 is 18.7 Å². The number of likely N-dealkylation sites (tertiary alicyclic amines) is 2. The van der Waals surface area contributed by atoms with Crippen molar-refractivity contribution in [1.29, 1.82) is 0 Å². The van der Waals surface area contributed by atoms with E-state index in [9.17, 15) is 18.7 Å². The summed E-state index contributed by atoms with van der Waals surface area (Å²) in [5, 5.41) is 15.2. The standard InChI is InChI=1S/C37H48F2N4O2/c1-3-43-35(21-32(40-43)19-29-12-13-31(38)20-34(29)39)26-14-16-41(17-15-26)22-30-23-42(24-33(30)28-11-7-8-25(2)18-28)36(37(44)45)27-9-5-4-6-10-27/h7-8,11-13,18,20-21,26-27,30,33,36H,3-6,9-10,14-17,19,22-24H2,1-2H3,(H,44,45). The van der Waals surface area contributed by atoms with E-state index in [2.05, 4.69) is 58.7 Å². The van der Waals surface area contributed by atoms with Crippen molar-refractivity contribution in [3.05, 3.63) is 88.2 Å². The summed E-state index contributed by atoms with van der Waals surface area (Å²) in [4.78, 5) is 17.5. The molecule has 8 heteroatoms. The number of benzene rings is 2. The number of aryl methyl sites for hydroxylation is 2. The average Bonchev–Trinajstić information content (AvgIpc) is 3.63. The minimum atomic E-state index is -0.652. The Kier molecular flexibility index (Phi) is 10.0. The van der Waals surface area contributed by atoms with Crippen LogP contribution in [0.15, 0.2) is 48.5 Å². The fourth-order valence-electron chi connectivity index (χ4n) is 8.46. The summed E-state index contributed by atoms with van der Waals surface area (Å²) in [7, 11) is 0. The molecular formula is C37H48F2N4O2. The minimum Gasteiger partial charge on any atom is -0.480 e. The maximum absolute atomic E-state index is 14.3. The molecule has 3 atom stereocenters. The lowest BCUT2D eigenvalue weighted by Gasteiger charge is -2.35. The molecule has 1 saturated carbocycles. The summed E-state index contributed by atoms with van der Waals surface area (Å²) in [6.07, 6.45) is 7.96. The van der Waals surface area contributed by atoms with Crippen molar-refractivity contribution >= 4 is 5.97 Å². The number of aromatic nitrogens is 2. The zero-order valence-electron chi connectivity index (χ0n) is 26.8. The van der Waals surface area contributed by atoms with Crippen LogP contribution in [0.1, 0.15) is 91.8 Å². The van der Waals surface area contributed by atoms with Crippen molar-refractivity contribution in [3.63, 3.8) is 0 Å². The monoisotopic (exact) mass is 618 g/mol. The molecule has 3 aliphatic rings. The van der Waals surface area contributed by atoms with Gasteiger partial charge in [0.1, 0.15) is 17.7 Å². The van der Waals surface area contributed by atoms with Crippen LogP contribution in [0.25, 0.3) is 0 Å². The topological polar surface area (TPSA) is 61.6 Å². The largest absolute Gasteiger partial charge is 0.480 e. The maximum Gasteiger partial charge on any atom is 0.321 e. The van der Waals surface area contributed by atoms with Gasteiger partial charge in [-0.3, -0.25) is 14.4 Å². The number of halogens is 2. The third kappa shape index (κ3) is 7.33. The van der Waals surface area contributed by atoms with Gasteiger partial charge in [-0.25, -0.2) is 8.78 Å². The Morgan fingerprint density at radius 2 is 1.78 bits per heavy atom. The van der Waals surface area contributed by atoms with Gasteiger partial charge in [-0.05, 0) is 87.7 Å². The fraction of sp³-hybridized carbons (Fsp3) is 0.568. The highest BCUT2D eigenvalue weighted by atomic mass is 19.1. The Morgan fingerprint density at radius 3 is 2.47 bits per heavy atom. The first-order valence-corrected chi connectivity index (χ1v) is 17.0. The number of hydrogen-bond acceptors (Lipinski definition) is 4. The predicted molar refractivity (Wildman–Crippen MR) is 172 cm³/mol. The van der Waals surface area contributed by atoms with E-state index in [1.807, 2.05) is 0 Å². The molecular weight excluding hydrogens is 570 g/mol. The third-order valence-corrected chi connectivity index (χ3v) is 10.7.